The molecule has 1 aliphatic carbocycles. The number of aliphatic hydroxyl groups excluding tert-OH is 1. The van der Waals surface area contributed by atoms with Crippen molar-refractivity contribution in [2.24, 2.45) is 0 Å². The molecule has 1 fully saturated rings. The molecule has 2 rings (SSSR count). The van der Waals surface area contributed by atoms with E-state index >= 15 is 0 Å². The van der Waals surface area contributed by atoms with Gasteiger partial charge in [0.1, 0.15) is 16.3 Å². The van der Waals surface area contributed by atoms with Gasteiger partial charge in [0.15, 0.2) is 0 Å². The molecule has 1 aromatic carbocycles. The van der Waals surface area contributed by atoms with Gasteiger partial charge in [-0.25, -0.2) is 0 Å². The molecule has 0 saturated heterocycles. The molecule has 0 aromatic heterocycles. The summed E-state index contributed by atoms with van der Waals surface area (Å²) < 4.78 is 6.01. The Bertz CT molecular complexity index is 452. The maximum atomic E-state index is 10.8. The number of nitro benzene ring substituents is 1. The lowest BCUT2D eigenvalue weighted by molar-refractivity contribution is -0.385. The summed E-state index contributed by atoms with van der Waals surface area (Å²) in [5, 5.41) is 20.6. The number of nitrogens with zero attached hydrogens (tertiary/aromatic N) is 1. The Labute approximate surface area is 113 Å². The molecule has 0 bridgehead atoms. The summed E-state index contributed by atoms with van der Waals surface area (Å²) in [7, 11) is 0. The summed E-state index contributed by atoms with van der Waals surface area (Å²) in [6.07, 6.45) is 2.72. The van der Waals surface area contributed by atoms with Gasteiger partial charge in [-0.3, -0.25) is 10.1 Å². The highest BCUT2D eigenvalue weighted by Gasteiger charge is 2.26. The third kappa shape index (κ3) is 2.81. The summed E-state index contributed by atoms with van der Waals surface area (Å²) in [6.45, 7) is 0. The summed E-state index contributed by atoms with van der Waals surface area (Å²) in [5.74, 6) is 0.412. The molecule has 18 heavy (non-hydrogen) atoms. The molecular formula is C12H14BrNO4. The van der Waals surface area contributed by atoms with Crippen LogP contribution in [-0.4, -0.2) is 22.2 Å². The molecule has 0 heterocycles. The number of aliphatic hydroxyl groups is 1. The molecule has 1 saturated carbocycles. The van der Waals surface area contributed by atoms with Gasteiger partial charge >= 0.3 is 0 Å². The highest BCUT2D eigenvalue weighted by atomic mass is 79.9. The van der Waals surface area contributed by atoms with E-state index in [1.165, 1.54) is 6.07 Å². The van der Waals surface area contributed by atoms with Gasteiger partial charge in [0.2, 0.25) is 0 Å². The minimum Gasteiger partial charge on any atom is -0.486 e. The fourth-order valence-corrected chi connectivity index (χ4v) is 2.61. The second-order valence-corrected chi connectivity index (χ2v) is 5.15. The van der Waals surface area contributed by atoms with Crippen molar-refractivity contribution < 1.29 is 14.8 Å². The molecule has 0 radical (unpaired) electrons. The molecule has 1 aliphatic rings. The molecule has 0 amide bonds. The van der Waals surface area contributed by atoms with Crippen LogP contribution in [0.4, 0.5) is 5.69 Å². The normalized spacial score (nSPS) is 23.7. The van der Waals surface area contributed by atoms with E-state index in [0.29, 0.717) is 10.2 Å². The first-order valence-electron chi connectivity index (χ1n) is 5.87. The van der Waals surface area contributed by atoms with Crippen LogP contribution in [0.15, 0.2) is 22.7 Å². The van der Waals surface area contributed by atoms with Crippen molar-refractivity contribution in [3.63, 3.8) is 0 Å². The lowest BCUT2D eigenvalue weighted by Crippen LogP contribution is -2.34. The van der Waals surface area contributed by atoms with E-state index in [1.54, 1.807) is 12.1 Å². The molecule has 1 N–H and O–H groups in total. The van der Waals surface area contributed by atoms with Crippen molar-refractivity contribution in [1.82, 2.24) is 0 Å². The molecule has 2 atom stereocenters. The summed E-state index contributed by atoms with van der Waals surface area (Å²) in [6, 6.07) is 4.65. The van der Waals surface area contributed by atoms with Crippen molar-refractivity contribution >= 4 is 21.6 Å². The zero-order valence-corrected chi connectivity index (χ0v) is 11.3. The quantitative estimate of drug-likeness (QED) is 0.687. The van der Waals surface area contributed by atoms with E-state index < -0.39 is 11.0 Å². The van der Waals surface area contributed by atoms with Gasteiger partial charge in [-0.05, 0) is 41.3 Å². The average Bonchev–Trinajstić information content (AvgIpc) is 2.34. The lowest BCUT2D eigenvalue weighted by Gasteiger charge is -2.28. The summed E-state index contributed by atoms with van der Waals surface area (Å²) in [4.78, 5) is 10.3. The number of halogens is 1. The second kappa shape index (κ2) is 5.67. The summed E-state index contributed by atoms with van der Waals surface area (Å²) >= 11 is 3.18. The number of ether oxygens (including phenoxy) is 1. The van der Waals surface area contributed by atoms with Crippen LogP contribution in [-0.2, 0) is 0 Å². The van der Waals surface area contributed by atoms with Gasteiger partial charge in [0.05, 0.1) is 11.0 Å². The van der Waals surface area contributed by atoms with Crippen LogP contribution in [0.1, 0.15) is 25.7 Å². The first-order valence-corrected chi connectivity index (χ1v) is 6.66. The topological polar surface area (TPSA) is 72.6 Å². The highest BCUT2D eigenvalue weighted by molar-refractivity contribution is 9.10. The van der Waals surface area contributed by atoms with E-state index in [2.05, 4.69) is 15.9 Å². The van der Waals surface area contributed by atoms with Crippen molar-refractivity contribution in [3.05, 3.63) is 32.8 Å². The number of benzene rings is 1. The van der Waals surface area contributed by atoms with Crippen LogP contribution < -0.4 is 4.74 Å². The van der Waals surface area contributed by atoms with Crippen LogP contribution in [0.2, 0.25) is 0 Å². The molecule has 0 aliphatic heterocycles. The molecule has 0 unspecified atom stereocenters. The Morgan fingerprint density at radius 3 is 2.78 bits per heavy atom. The van der Waals surface area contributed by atoms with Crippen molar-refractivity contribution in [2.45, 2.75) is 37.9 Å². The zero-order chi connectivity index (χ0) is 13.1. The van der Waals surface area contributed by atoms with Crippen LogP contribution in [0.3, 0.4) is 0 Å². The van der Waals surface area contributed by atoms with Crippen LogP contribution >= 0.6 is 15.9 Å². The number of hydrogen-bond donors (Lipinski definition) is 1. The fraction of sp³-hybridized carbons (Fsp3) is 0.500. The second-order valence-electron chi connectivity index (χ2n) is 4.35. The maximum absolute atomic E-state index is 10.8. The molecule has 98 valence electrons. The molecule has 5 nitrogen and oxygen atoms in total. The standard InChI is InChI=1S/C12H14BrNO4/c13-12-8(14(16)17)4-3-7-11(12)18-10-6-2-1-5-9(10)15/h3-4,7,9-10,15H,1-2,5-6H2/t9-,10-/m1/s1. The smallest absolute Gasteiger partial charge is 0.287 e. The monoisotopic (exact) mass is 315 g/mol. The maximum Gasteiger partial charge on any atom is 0.287 e. The third-order valence-electron chi connectivity index (χ3n) is 3.09. The fourth-order valence-electron chi connectivity index (χ4n) is 2.11. The molecular weight excluding hydrogens is 302 g/mol. The highest BCUT2D eigenvalue weighted by Crippen LogP contribution is 2.35. The zero-order valence-electron chi connectivity index (χ0n) is 9.71. The van der Waals surface area contributed by atoms with E-state index in [1.807, 2.05) is 0 Å². The number of nitro groups is 1. The molecule has 1 aromatic rings. The average molecular weight is 316 g/mol. The minimum absolute atomic E-state index is 0.0298. The van der Waals surface area contributed by atoms with Crippen molar-refractivity contribution in [3.8, 4) is 5.75 Å². The third-order valence-corrected chi connectivity index (χ3v) is 3.88. The minimum atomic E-state index is -0.495. The van der Waals surface area contributed by atoms with Gasteiger partial charge in [0.25, 0.3) is 5.69 Å². The van der Waals surface area contributed by atoms with Crippen LogP contribution in [0, 0.1) is 10.1 Å². The van der Waals surface area contributed by atoms with Gasteiger partial charge in [-0.2, -0.15) is 0 Å². The van der Waals surface area contributed by atoms with E-state index in [4.69, 9.17) is 4.74 Å². The Kier molecular flexibility index (Phi) is 4.19. The van der Waals surface area contributed by atoms with E-state index in [9.17, 15) is 15.2 Å². The predicted octanol–water partition coefficient (Wildman–Crippen LogP) is 3.04. The largest absolute Gasteiger partial charge is 0.486 e. The Hall–Kier alpha value is -1.14. The van der Waals surface area contributed by atoms with Crippen LogP contribution in [0.25, 0.3) is 0 Å². The predicted molar refractivity (Wildman–Crippen MR) is 69.7 cm³/mol. The first kappa shape index (κ1) is 13.3. The van der Waals surface area contributed by atoms with Crippen molar-refractivity contribution in [2.75, 3.05) is 0 Å². The summed E-state index contributed by atoms with van der Waals surface area (Å²) in [5.41, 5.74) is -0.0298. The van der Waals surface area contributed by atoms with Crippen molar-refractivity contribution in [1.29, 1.82) is 0 Å². The Balaban J connectivity index is 2.18. The van der Waals surface area contributed by atoms with Crippen LogP contribution in [0.5, 0.6) is 5.75 Å². The Morgan fingerprint density at radius 1 is 1.39 bits per heavy atom. The SMILES string of the molecule is O=[N+]([O-])c1cccc(O[C@@H]2CCCC[C@H]2O)c1Br. The van der Waals surface area contributed by atoms with E-state index in [-0.39, 0.29) is 11.8 Å². The van der Waals surface area contributed by atoms with Gasteiger partial charge < -0.3 is 9.84 Å². The molecule has 0 spiro atoms. The number of rotatable bonds is 3. The van der Waals surface area contributed by atoms with Gasteiger partial charge in [0, 0.05) is 6.07 Å². The van der Waals surface area contributed by atoms with Gasteiger partial charge in [-0.1, -0.05) is 12.5 Å². The Morgan fingerprint density at radius 2 is 2.11 bits per heavy atom. The van der Waals surface area contributed by atoms with Gasteiger partial charge in [-0.15, -0.1) is 0 Å². The first-order chi connectivity index (χ1) is 8.59. The number of hydrogen-bond acceptors (Lipinski definition) is 4. The molecule has 6 heteroatoms. The van der Waals surface area contributed by atoms with E-state index in [0.717, 1.165) is 25.7 Å². The lowest BCUT2D eigenvalue weighted by atomic mass is 9.95.